The van der Waals surface area contributed by atoms with Crippen LogP contribution in [0.15, 0.2) is 54.6 Å². The molecule has 0 aromatic heterocycles. The van der Waals surface area contributed by atoms with Crippen molar-refractivity contribution in [2.75, 3.05) is 16.3 Å². The Morgan fingerprint density at radius 1 is 1.12 bits per heavy atom. The first-order valence-electron chi connectivity index (χ1n) is 7.62. The van der Waals surface area contributed by atoms with Crippen molar-refractivity contribution in [3.05, 3.63) is 60.2 Å². The average molecular weight is 356 g/mol. The highest BCUT2D eigenvalue weighted by Crippen LogP contribution is 2.35. The van der Waals surface area contributed by atoms with Gasteiger partial charge in [0.25, 0.3) is 11.1 Å². The van der Waals surface area contributed by atoms with Gasteiger partial charge in [-0.3, -0.25) is 14.4 Å². The molecule has 1 N–H and O–H groups in total. The van der Waals surface area contributed by atoms with Crippen LogP contribution in [0, 0.1) is 6.92 Å². The number of thioether (sulfide) groups is 1. The van der Waals surface area contributed by atoms with E-state index in [9.17, 15) is 19.5 Å². The van der Waals surface area contributed by atoms with Gasteiger partial charge in [0, 0.05) is 5.69 Å². The summed E-state index contributed by atoms with van der Waals surface area (Å²) in [6, 6.07) is 15.8. The van der Waals surface area contributed by atoms with Gasteiger partial charge < -0.3 is 10.0 Å². The van der Waals surface area contributed by atoms with Crippen LogP contribution in [0.2, 0.25) is 0 Å². The predicted molar refractivity (Wildman–Crippen MR) is 96.9 cm³/mol. The quantitative estimate of drug-likeness (QED) is 0.887. The van der Waals surface area contributed by atoms with Crippen molar-refractivity contribution in [2.45, 2.75) is 12.3 Å². The zero-order chi connectivity index (χ0) is 18.0. The molecule has 25 heavy (non-hydrogen) atoms. The van der Waals surface area contributed by atoms with Crippen LogP contribution in [-0.4, -0.2) is 34.1 Å². The number of aliphatic carboxylic acids is 1. The number of anilines is 2. The minimum atomic E-state index is -1.07. The molecule has 3 rings (SSSR count). The lowest BCUT2D eigenvalue weighted by molar-refractivity contribution is -0.135. The lowest BCUT2D eigenvalue weighted by atomic mass is 10.2. The highest BCUT2D eigenvalue weighted by Gasteiger charge is 2.44. The number of nitrogens with zero attached hydrogens (tertiary/aromatic N) is 2. The summed E-state index contributed by atoms with van der Waals surface area (Å²) in [5.41, 5.74) is 2.08. The van der Waals surface area contributed by atoms with Gasteiger partial charge in [-0.2, -0.15) is 0 Å². The molecule has 0 spiro atoms. The second-order valence-electron chi connectivity index (χ2n) is 5.60. The molecule has 1 heterocycles. The zero-order valence-corrected chi connectivity index (χ0v) is 14.3. The van der Waals surface area contributed by atoms with Crippen LogP contribution >= 0.6 is 11.8 Å². The molecule has 0 saturated carbocycles. The number of hydrogen-bond donors (Lipinski definition) is 1. The minimum Gasteiger partial charge on any atom is -0.480 e. The maximum Gasteiger partial charge on any atom is 0.323 e. The summed E-state index contributed by atoms with van der Waals surface area (Å²) < 4.78 is 0. The number of carbonyl (C=O) groups is 3. The molecule has 0 aliphatic carbocycles. The van der Waals surface area contributed by atoms with Gasteiger partial charge in [-0.15, -0.1) is 0 Å². The first kappa shape index (κ1) is 17.0. The molecule has 0 radical (unpaired) electrons. The van der Waals surface area contributed by atoms with Crippen LogP contribution in [0.5, 0.6) is 0 Å². The number of para-hydroxylation sites is 1. The van der Waals surface area contributed by atoms with Gasteiger partial charge in [-0.25, -0.2) is 4.90 Å². The van der Waals surface area contributed by atoms with Gasteiger partial charge in [-0.1, -0.05) is 35.9 Å². The summed E-state index contributed by atoms with van der Waals surface area (Å²) in [7, 11) is 0. The van der Waals surface area contributed by atoms with E-state index < -0.39 is 22.5 Å². The van der Waals surface area contributed by atoms with Gasteiger partial charge in [0.2, 0.25) is 0 Å². The molecule has 1 saturated heterocycles. The smallest absolute Gasteiger partial charge is 0.323 e. The monoisotopic (exact) mass is 356 g/mol. The van der Waals surface area contributed by atoms with Crippen molar-refractivity contribution in [3.8, 4) is 0 Å². The molecule has 1 aliphatic heterocycles. The van der Waals surface area contributed by atoms with Crippen LogP contribution < -0.4 is 9.80 Å². The fourth-order valence-electron chi connectivity index (χ4n) is 2.60. The second kappa shape index (κ2) is 6.98. The maximum absolute atomic E-state index is 12.8. The molecular weight excluding hydrogens is 340 g/mol. The fraction of sp³-hybridized carbons (Fsp3) is 0.167. The van der Waals surface area contributed by atoms with Crippen molar-refractivity contribution in [1.29, 1.82) is 0 Å². The Hall–Kier alpha value is -2.80. The van der Waals surface area contributed by atoms with E-state index in [0.717, 1.165) is 22.2 Å². The van der Waals surface area contributed by atoms with Gasteiger partial charge in [0.05, 0.1) is 5.69 Å². The Bertz CT molecular complexity index is 808. The van der Waals surface area contributed by atoms with Crippen molar-refractivity contribution in [2.24, 2.45) is 0 Å². The Kier molecular flexibility index (Phi) is 4.76. The lowest BCUT2D eigenvalue weighted by Gasteiger charge is -2.27. The first-order chi connectivity index (χ1) is 12.0. The Morgan fingerprint density at radius 3 is 2.36 bits per heavy atom. The molecular formula is C18H16N2O4S. The van der Waals surface area contributed by atoms with E-state index in [1.807, 2.05) is 19.1 Å². The number of amides is 2. The summed E-state index contributed by atoms with van der Waals surface area (Å²) >= 11 is 0.826. The van der Waals surface area contributed by atoms with E-state index in [-0.39, 0.29) is 6.54 Å². The Labute approximate surface area is 149 Å². The fourth-order valence-corrected chi connectivity index (χ4v) is 3.62. The van der Waals surface area contributed by atoms with E-state index in [2.05, 4.69) is 0 Å². The molecule has 7 heteroatoms. The molecule has 1 unspecified atom stereocenters. The second-order valence-corrected chi connectivity index (χ2v) is 6.63. The van der Waals surface area contributed by atoms with Crippen molar-refractivity contribution < 1.29 is 19.5 Å². The zero-order valence-electron chi connectivity index (χ0n) is 13.5. The summed E-state index contributed by atoms with van der Waals surface area (Å²) in [5.74, 6) is -1.51. The summed E-state index contributed by atoms with van der Waals surface area (Å²) in [6.07, 6.45) is 0. The van der Waals surface area contributed by atoms with Crippen LogP contribution in [0.25, 0.3) is 0 Å². The van der Waals surface area contributed by atoms with Gasteiger partial charge in [-0.05, 0) is 43.0 Å². The average Bonchev–Trinajstić information content (AvgIpc) is 2.89. The summed E-state index contributed by atoms with van der Waals surface area (Å²) in [4.78, 5) is 39.0. The molecule has 1 fully saturated rings. The number of aryl methyl sites for hydroxylation is 1. The standard InChI is InChI=1S/C18H16N2O4S/c1-12-7-9-14(10-8-12)20-16(23)17(25-18(20)24)19(11-15(21)22)13-5-3-2-4-6-13/h2-10,17H,11H2,1H3,(H,21,22). The van der Waals surface area contributed by atoms with Crippen LogP contribution in [0.1, 0.15) is 5.56 Å². The number of carbonyl (C=O) groups excluding carboxylic acids is 2. The predicted octanol–water partition coefficient (Wildman–Crippen LogP) is 3.11. The van der Waals surface area contributed by atoms with Crippen LogP contribution in [0.3, 0.4) is 0 Å². The van der Waals surface area contributed by atoms with Gasteiger partial charge >= 0.3 is 5.97 Å². The normalized spacial score (nSPS) is 17.0. The van der Waals surface area contributed by atoms with E-state index in [1.54, 1.807) is 42.5 Å². The van der Waals surface area contributed by atoms with Crippen molar-refractivity contribution >= 4 is 40.3 Å². The summed E-state index contributed by atoms with van der Waals surface area (Å²) in [6.45, 7) is 1.54. The lowest BCUT2D eigenvalue weighted by Crippen LogP contribution is -2.43. The van der Waals surface area contributed by atoms with Crippen molar-refractivity contribution in [1.82, 2.24) is 0 Å². The minimum absolute atomic E-state index is 0.373. The Morgan fingerprint density at radius 2 is 1.76 bits per heavy atom. The van der Waals surface area contributed by atoms with E-state index >= 15 is 0 Å². The van der Waals surface area contributed by atoms with Gasteiger partial charge in [0.15, 0.2) is 5.37 Å². The number of carboxylic acids is 1. The number of benzene rings is 2. The number of imide groups is 1. The molecule has 2 aromatic carbocycles. The molecule has 0 bridgehead atoms. The summed E-state index contributed by atoms with van der Waals surface area (Å²) in [5, 5.41) is 7.89. The Balaban J connectivity index is 1.93. The van der Waals surface area contributed by atoms with E-state index in [1.165, 1.54) is 4.90 Å². The third-order valence-electron chi connectivity index (χ3n) is 3.80. The van der Waals surface area contributed by atoms with E-state index in [0.29, 0.717) is 11.4 Å². The molecule has 2 aromatic rings. The molecule has 6 nitrogen and oxygen atoms in total. The van der Waals surface area contributed by atoms with Crippen LogP contribution in [-0.2, 0) is 9.59 Å². The highest BCUT2D eigenvalue weighted by molar-refractivity contribution is 8.16. The van der Waals surface area contributed by atoms with E-state index in [4.69, 9.17) is 0 Å². The highest BCUT2D eigenvalue weighted by atomic mass is 32.2. The number of rotatable bonds is 5. The topological polar surface area (TPSA) is 77.9 Å². The van der Waals surface area contributed by atoms with Crippen LogP contribution in [0.4, 0.5) is 16.2 Å². The third-order valence-corrected chi connectivity index (χ3v) is 4.86. The molecule has 128 valence electrons. The SMILES string of the molecule is Cc1ccc(N2C(=O)SC(N(CC(=O)O)c3ccccc3)C2=O)cc1. The first-order valence-corrected chi connectivity index (χ1v) is 8.50. The third kappa shape index (κ3) is 3.51. The molecule has 1 aliphatic rings. The largest absolute Gasteiger partial charge is 0.480 e. The molecule has 2 amide bonds. The van der Waals surface area contributed by atoms with Crippen molar-refractivity contribution in [3.63, 3.8) is 0 Å². The number of hydrogen-bond acceptors (Lipinski definition) is 5. The maximum atomic E-state index is 12.8. The number of carboxylic acid groups (broad SMARTS) is 1. The molecule has 1 atom stereocenters. The van der Waals surface area contributed by atoms with Gasteiger partial charge in [0.1, 0.15) is 6.54 Å².